The van der Waals surface area contributed by atoms with Gasteiger partial charge < -0.3 is 35.3 Å². The number of fused-ring (bicyclic) bond motifs is 3. The molecule has 0 atom stereocenters. The normalized spacial score (nSPS) is 9.30. The maximum Gasteiger partial charge on any atom is 4.00 e. The van der Waals surface area contributed by atoms with Crippen molar-refractivity contribution in [2.24, 2.45) is 0 Å². The first kappa shape index (κ1) is 36.9. The number of rotatable bonds is 10. The van der Waals surface area contributed by atoms with E-state index in [1.165, 1.54) is 66.5 Å². The zero-order valence-electron chi connectivity index (χ0n) is 20.4. The Hall–Kier alpha value is -0.709. The molecule has 0 saturated heterocycles. The van der Waals surface area contributed by atoms with Crippen molar-refractivity contribution >= 4 is 37.0 Å². The second kappa shape index (κ2) is 24.4. The van der Waals surface area contributed by atoms with Gasteiger partial charge in [-0.05, 0) is 12.8 Å². The molecule has 1 N–H and O–H groups in total. The van der Waals surface area contributed by atoms with Crippen molar-refractivity contribution < 1.29 is 51.3 Å². The molecule has 0 aliphatic heterocycles. The van der Waals surface area contributed by atoms with Crippen LogP contribution in [-0.4, -0.2) is 15.4 Å². The van der Waals surface area contributed by atoms with E-state index in [4.69, 9.17) is 5.73 Å². The van der Waals surface area contributed by atoms with E-state index in [2.05, 4.69) is 74.6 Å². The summed E-state index contributed by atoms with van der Waals surface area (Å²) in [5, 5.41) is 5.39. The minimum absolute atomic E-state index is 0. The molecule has 1 amide bonds. The number of carbonyl (C=O) groups excluding carboxylic acids is 1. The van der Waals surface area contributed by atoms with E-state index >= 15 is 0 Å². The van der Waals surface area contributed by atoms with Crippen LogP contribution in [0.3, 0.4) is 0 Å². The van der Waals surface area contributed by atoms with Crippen LogP contribution in [0.4, 0.5) is 0 Å². The van der Waals surface area contributed by atoms with Gasteiger partial charge in [-0.15, -0.1) is 39.7 Å². The van der Waals surface area contributed by atoms with Gasteiger partial charge in [-0.3, -0.25) is 0 Å². The molecule has 0 aliphatic rings. The van der Waals surface area contributed by atoms with Gasteiger partial charge in [0.2, 0.25) is 0 Å². The minimum Gasteiger partial charge on any atom is -1.00 e. The van der Waals surface area contributed by atoms with Gasteiger partial charge in [-0.25, -0.2) is 0 Å². The van der Waals surface area contributed by atoms with Gasteiger partial charge in [-0.2, -0.15) is 0 Å². The number of amides is 1. The molecule has 0 unspecified atom stereocenters. The monoisotopic (exact) mass is 539 g/mol. The second-order valence-corrected chi connectivity index (χ2v) is 8.82. The number of carbonyl (C=O) groups is 1. The topological polar surface area (TPSA) is 40.9 Å². The summed E-state index contributed by atoms with van der Waals surface area (Å²) in [5.41, 5.74) is 6.73. The Kier molecular flexibility index (Phi) is 27.3. The molecular weight excluding hydrogens is 501 g/mol. The van der Waals surface area contributed by atoms with Gasteiger partial charge in [0.1, 0.15) is 0 Å². The number of unbranched alkanes of at least 4 members (excludes halogenated alkanes) is 8. The summed E-state index contributed by atoms with van der Waals surface area (Å²) < 4.78 is 0. The van der Waals surface area contributed by atoms with Gasteiger partial charge in [0.05, 0.1) is 0 Å². The molecule has 180 valence electrons. The van der Waals surface area contributed by atoms with Crippen LogP contribution in [0.15, 0.2) is 54.6 Å². The van der Waals surface area contributed by atoms with Gasteiger partial charge in [0.15, 0.2) is 0 Å². The van der Waals surface area contributed by atoms with Gasteiger partial charge in [-0.1, -0.05) is 108 Å². The molecular formula is C27H39Cl2NOSiTi. The first-order chi connectivity index (χ1) is 14.6. The van der Waals surface area contributed by atoms with E-state index in [-0.39, 0.29) is 46.5 Å². The fourth-order valence-corrected chi connectivity index (χ4v) is 3.50. The standard InChI is InChI=1S/C13H9.C12H25NO.C2H6Si.2ClH.Ti/c1-3-7-12-10(5-1)9-11-6-2-4-8-13(11)12;1-2-3-4-5-6-7-8-9-10-11-12(13)14;1-3-2;;;/h1-9H;2-11H2,1H3,(H2,13,14);1-2H3;2*1H;/q-1;;;;;+4/p-3. The van der Waals surface area contributed by atoms with E-state index in [1.807, 2.05) is 0 Å². The average molecular weight is 540 g/mol. The fourth-order valence-electron chi connectivity index (χ4n) is 3.50. The number of benzene rings is 2. The zero-order chi connectivity index (χ0) is 22.0. The van der Waals surface area contributed by atoms with Gasteiger partial charge in [0, 0.05) is 15.4 Å². The van der Waals surface area contributed by atoms with Gasteiger partial charge >= 0.3 is 21.7 Å². The van der Waals surface area contributed by atoms with Crippen LogP contribution in [0.2, 0.25) is 13.1 Å². The molecule has 0 saturated carbocycles. The van der Waals surface area contributed by atoms with Crippen molar-refractivity contribution in [3.05, 3.63) is 60.3 Å². The van der Waals surface area contributed by atoms with E-state index < -0.39 is 5.91 Å². The number of hydrogen-bond donors (Lipinski definition) is 0. The van der Waals surface area contributed by atoms with E-state index in [1.54, 1.807) is 0 Å². The molecule has 0 bridgehead atoms. The molecule has 0 spiro atoms. The third-order valence-electron chi connectivity index (χ3n) is 5.03. The third-order valence-corrected chi connectivity index (χ3v) is 5.03. The third kappa shape index (κ3) is 16.5. The van der Waals surface area contributed by atoms with Crippen molar-refractivity contribution in [3.8, 4) is 0 Å². The Bertz CT molecular complexity index is 791. The molecule has 33 heavy (non-hydrogen) atoms. The average Bonchev–Trinajstić information content (AvgIpc) is 3.12. The van der Waals surface area contributed by atoms with Crippen LogP contribution in [0.1, 0.15) is 71.1 Å². The van der Waals surface area contributed by atoms with Crippen molar-refractivity contribution in [2.75, 3.05) is 0 Å². The zero-order valence-corrected chi connectivity index (χ0v) is 24.5. The summed E-state index contributed by atoms with van der Waals surface area (Å²) in [6.45, 7) is 6.54. The van der Waals surface area contributed by atoms with Crippen molar-refractivity contribution in [3.63, 3.8) is 0 Å². The van der Waals surface area contributed by atoms with E-state index in [0.29, 0.717) is 6.42 Å². The molecule has 0 fully saturated rings. The summed E-state index contributed by atoms with van der Waals surface area (Å²) in [7, 11) is 1.08. The van der Waals surface area contributed by atoms with Crippen LogP contribution in [-0.2, 0) is 26.5 Å². The summed E-state index contributed by atoms with van der Waals surface area (Å²) in [4.78, 5) is 10.3. The van der Waals surface area contributed by atoms with Crippen LogP contribution in [0, 0.1) is 0 Å². The molecule has 2 nitrogen and oxygen atoms in total. The number of halogens is 2. The Balaban J connectivity index is -0.000000450. The predicted octanol–water partition coefficient (Wildman–Crippen LogP) is 2.99. The molecule has 3 rings (SSSR count). The Labute approximate surface area is 231 Å². The van der Waals surface area contributed by atoms with Crippen molar-refractivity contribution in [1.29, 1.82) is 0 Å². The molecule has 6 heteroatoms. The number of nitrogens with one attached hydrogen (secondary N) is 1. The van der Waals surface area contributed by atoms with E-state index in [9.17, 15) is 4.79 Å². The summed E-state index contributed by atoms with van der Waals surface area (Å²) in [6.07, 6.45) is 11.8. The van der Waals surface area contributed by atoms with E-state index in [0.717, 1.165) is 22.4 Å². The maximum absolute atomic E-state index is 10.3. The summed E-state index contributed by atoms with van der Waals surface area (Å²) >= 11 is 0. The predicted molar refractivity (Wildman–Crippen MR) is 136 cm³/mol. The molecule has 0 aliphatic carbocycles. The van der Waals surface area contributed by atoms with Crippen molar-refractivity contribution in [1.82, 2.24) is 0 Å². The van der Waals surface area contributed by atoms with Crippen molar-refractivity contribution in [2.45, 2.75) is 84.2 Å². The SMILES string of the molecule is CCCCCCCCCCCC([NH-])=O.C[Si]C.[Cl-].[Cl-].[Ti+4].c1ccc2c(c1)[cH-]c1ccccc12. The molecule has 3 aromatic rings. The van der Waals surface area contributed by atoms with Crippen LogP contribution in [0.25, 0.3) is 27.3 Å². The molecule has 0 heterocycles. The number of hydrogen-bond acceptors (Lipinski definition) is 1. The van der Waals surface area contributed by atoms with Crippen LogP contribution < -0.4 is 24.8 Å². The molecule has 2 radical (unpaired) electrons. The first-order valence-electron chi connectivity index (χ1n) is 11.5. The van der Waals surface area contributed by atoms with Gasteiger partial charge in [0.25, 0.3) is 0 Å². The largest absolute Gasteiger partial charge is 4.00 e. The van der Waals surface area contributed by atoms with Crippen LogP contribution in [0.5, 0.6) is 0 Å². The Morgan fingerprint density at radius 2 is 1.12 bits per heavy atom. The first-order valence-corrected chi connectivity index (χ1v) is 13.5. The maximum atomic E-state index is 10.3. The van der Waals surface area contributed by atoms with Crippen LogP contribution >= 0.6 is 0 Å². The summed E-state index contributed by atoms with van der Waals surface area (Å²) in [5.74, 6) is -0.409. The smallest absolute Gasteiger partial charge is 1.00 e. The summed E-state index contributed by atoms with van der Waals surface area (Å²) in [6, 6.07) is 19.3. The Morgan fingerprint density at radius 3 is 1.52 bits per heavy atom. The second-order valence-electron chi connectivity index (χ2n) is 7.82. The quantitative estimate of drug-likeness (QED) is 0.222. The fraction of sp³-hybridized carbons (Fsp3) is 0.481. The molecule has 0 aromatic heterocycles. The Morgan fingerprint density at radius 1 is 0.758 bits per heavy atom. The molecule has 3 aromatic carbocycles. The minimum atomic E-state index is -0.409.